The van der Waals surface area contributed by atoms with Crippen molar-refractivity contribution in [1.82, 2.24) is 15.5 Å². The summed E-state index contributed by atoms with van der Waals surface area (Å²) in [6, 6.07) is 17.0. The van der Waals surface area contributed by atoms with Gasteiger partial charge in [0.2, 0.25) is 0 Å². The van der Waals surface area contributed by atoms with Gasteiger partial charge in [-0.2, -0.15) is 5.10 Å². The first kappa shape index (κ1) is 19.4. The minimum Gasteiger partial charge on any atom is -0.352 e. The van der Waals surface area contributed by atoms with Crippen LogP contribution in [0.15, 0.2) is 71.5 Å². The molecular weight excluding hydrogens is 388 g/mol. The van der Waals surface area contributed by atoms with Crippen molar-refractivity contribution in [1.29, 1.82) is 0 Å². The first-order valence-electron chi connectivity index (χ1n) is 9.33. The van der Waals surface area contributed by atoms with E-state index in [-0.39, 0.29) is 23.5 Å². The highest BCUT2D eigenvalue weighted by Crippen LogP contribution is 2.26. The SMILES string of the molecule is O=C(NCCc1ccc(F)cc1)c1cc(-c2n[nH]c(=O)c3ccccc23)ccc1F. The summed E-state index contributed by atoms with van der Waals surface area (Å²) in [6.45, 7) is 0.272. The number of carbonyl (C=O) groups is 1. The standard InChI is InChI=1S/C23H17F2N3O2/c24-16-8-5-14(6-9-16)11-12-26-22(29)19-13-15(7-10-20(19)25)21-17-3-1-2-4-18(17)23(30)28-27-21/h1-10,13H,11-12H2,(H,26,29)(H,28,30). The lowest BCUT2D eigenvalue weighted by Gasteiger charge is -2.09. The summed E-state index contributed by atoms with van der Waals surface area (Å²) in [5.74, 6) is -1.55. The van der Waals surface area contributed by atoms with Crippen molar-refractivity contribution in [3.05, 3.63) is 99.8 Å². The van der Waals surface area contributed by atoms with Crippen molar-refractivity contribution in [3.63, 3.8) is 0 Å². The van der Waals surface area contributed by atoms with Gasteiger partial charge in [0.05, 0.1) is 16.6 Å². The highest BCUT2D eigenvalue weighted by molar-refractivity contribution is 5.98. The Morgan fingerprint density at radius 1 is 0.967 bits per heavy atom. The molecule has 30 heavy (non-hydrogen) atoms. The number of halogens is 2. The monoisotopic (exact) mass is 405 g/mol. The van der Waals surface area contributed by atoms with Crippen LogP contribution >= 0.6 is 0 Å². The summed E-state index contributed by atoms with van der Waals surface area (Å²) >= 11 is 0. The number of benzene rings is 3. The van der Waals surface area contributed by atoms with Crippen LogP contribution in [0, 0.1) is 11.6 Å². The third kappa shape index (κ3) is 3.96. The predicted octanol–water partition coefficient (Wildman–Crippen LogP) is 3.84. The second-order valence-corrected chi connectivity index (χ2v) is 6.77. The summed E-state index contributed by atoms with van der Waals surface area (Å²) in [5.41, 5.74) is 1.37. The number of aromatic nitrogens is 2. The van der Waals surface area contributed by atoms with Gasteiger partial charge in [0.15, 0.2) is 0 Å². The van der Waals surface area contributed by atoms with Crippen LogP contribution in [-0.4, -0.2) is 22.6 Å². The Morgan fingerprint density at radius 2 is 1.70 bits per heavy atom. The highest BCUT2D eigenvalue weighted by atomic mass is 19.1. The van der Waals surface area contributed by atoms with Crippen LogP contribution in [0.4, 0.5) is 8.78 Å². The van der Waals surface area contributed by atoms with E-state index >= 15 is 0 Å². The quantitative estimate of drug-likeness (QED) is 0.530. The van der Waals surface area contributed by atoms with Crippen molar-refractivity contribution in [2.75, 3.05) is 6.54 Å². The van der Waals surface area contributed by atoms with E-state index in [9.17, 15) is 18.4 Å². The molecule has 7 heteroatoms. The maximum absolute atomic E-state index is 14.3. The Kier molecular flexibility index (Phi) is 5.34. The molecule has 0 saturated heterocycles. The van der Waals surface area contributed by atoms with Gasteiger partial charge in [0.25, 0.3) is 11.5 Å². The van der Waals surface area contributed by atoms with Crippen LogP contribution in [0.25, 0.3) is 22.0 Å². The molecule has 5 nitrogen and oxygen atoms in total. The van der Waals surface area contributed by atoms with Gasteiger partial charge >= 0.3 is 0 Å². The van der Waals surface area contributed by atoms with Crippen LogP contribution < -0.4 is 10.9 Å². The van der Waals surface area contributed by atoms with E-state index < -0.39 is 11.7 Å². The zero-order valence-electron chi connectivity index (χ0n) is 15.8. The summed E-state index contributed by atoms with van der Waals surface area (Å²) in [5, 5.41) is 10.3. The van der Waals surface area contributed by atoms with Gasteiger partial charge in [0, 0.05) is 17.5 Å². The number of rotatable bonds is 5. The largest absolute Gasteiger partial charge is 0.352 e. The lowest BCUT2D eigenvalue weighted by atomic mass is 10.0. The molecule has 1 aromatic heterocycles. The minimum absolute atomic E-state index is 0.122. The molecule has 0 atom stereocenters. The molecule has 0 saturated carbocycles. The van der Waals surface area contributed by atoms with Crippen molar-refractivity contribution in [3.8, 4) is 11.3 Å². The maximum atomic E-state index is 14.3. The third-order valence-electron chi connectivity index (χ3n) is 4.79. The first-order chi connectivity index (χ1) is 14.5. The Bertz CT molecular complexity index is 1280. The zero-order valence-corrected chi connectivity index (χ0v) is 15.8. The van der Waals surface area contributed by atoms with E-state index in [1.807, 2.05) is 0 Å². The fourth-order valence-electron chi connectivity index (χ4n) is 3.25. The van der Waals surface area contributed by atoms with Crippen molar-refractivity contribution in [2.24, 2.45) is 0 Å². The lowest BCUT2D eigenvalue weighted by molar-refractivity contribution is 0.0950. The average Bonchev–Trinajstić information content (AvgIpc) is 2.76. The second-order valence-electron chi connectivity index (χ2n) is 6.77. The number of aromatic amines is 1. The molecule has 4 rings (SSSR count). The molecule has 2 N–H and O–H groups in total. The van der Waals surface area contributed by atoms with E-state index in [1.54, 1.807) is 36.4 Å². The number of nitrogens with zero attached hydrogens (tertiary/aromatic N) is 1. The van der Waals surface area contributed by atoms with Crippen LogP contribution in [-0.2, 0) is 6.42 Å². The van der Waals surface area contributed by atoms with E-state index in [0.29, 0.717) is 28.5 Å². The van der Waals surface area contributed by atoms with Gasteiger partial charge in [-0.15, -0.1) is 0 Å². The Balaban J connectivity index is 1.58. The van der Waals surface area contributed by atoms with Gasteiger partial charge in [0.1, 0.15) is 11.6 Å². The molecule has 3 aromatic carbocycles. The Labute approximate surface area is 170 Å². The number of amides is 1. The van der Waals surface area contributed by atoms with Crippen molar-refractivity contribution < 1.29 is 13.6 Å². The zero-order chi connectivity index (χ0) is 21.1. The molecule has 1 amide bonds. The van der Waals surface area contributed by atoms with E-state index in [4.69, 9.17) is 0 Å². The number of nitrogens with one attached hydrogen (secondary N) is 2. The minimum atomic E-state index is -0.660. The molecule has 0 bridgehead atoms. The molecule has 0 spiro atoms. The number of hydrogen-bond acceptors (Lipinski definition) is 3. The van der Waals surface area contributed by atoms with Gasteiger partial charge in [-0.25, -0.2) is 13.9 Å². The van der Waals surface area contributed by atoms with Crippen LogP contribution in [0.5, 0.6) is 0 Å². The fourth-order valence-corrected chi connectivity index (χ4v) is 3.25. The molecular formula is C23H17F2N3O2. The van der Waals surface area contributed by atoms with Gasteiger partial charge < -0.3 is 5.32 Å². The molecule has 0 aliphatic rings. The molecule has 0 fully saturated rings. The molecule has 0 unspecified atom stereocenters. The topological polar surface area (TPSA) is 74.8 Å². The van der Waals surface area contributed by atoms with Gasteiger partial charge in [-0.05, 0) is 48.4 Å². The summed E-state index contributed by atoms with van der Waals surface area (Å²) in [7, 11) is 0. The van der Waals surface area contributed by atoms with Crippen LogP contribution in [0.3, 0.4) is 0 Å². The van der Waals surface area contributed by atoms with Gasteiger partial charge in [-0.1, -0.05) is 30.3 Å². The highest BCUT2D eigenvalue weighted by Gasteiger charge is 2.15. The van der Waals surface area contributed by atoms with Crippen LogP contribution in [0.2, 0.25) is 0 Å². The number of carbonyl (C=O) groups excluding carboxylic acids is 1. The van der Waals surface area contributed by atoms with E-state index in [1.165, 1.54) is 30.3 Å². The van der Waals surface area contributed by atoms with E-state index in [0.717, 1.165) is 5.56 Å². The Hall–Kier alpha value is -3.87. The predicted molar refractivity (Wildman–Crippen MR) is 110 cm³/mol. The molecule has 4 aromatic rings. The molecule has 1 heterocycles. The maximum Gasteiger partial charge on any atom is 0.272 e. The van der Waals surface area contributed by atoms with E-state index in [2.05, 4.69) is 15.5 Å². The average molecular weight is 405 g/mol. The summed E-state index contributed by atoms with van der Waals surface area (Å²) in [6.07, 6.45) is 0.486. The van der Waals surface area contributed by atoms with Crippen LogP contribution in [0.1, 0.15) is 15.9 Å². The number of fused-ring (bicyclic) bond motifs is 1. The third-order valence-corrected chi connectivity index (χ3v) is 4.79. The summed E-state index contributed by atoms with van der Waals surface area (Å²) < 4.78 is 27.3. The molecule has 150 valence electrons. The van der Waals surface area contributed by atoms with Gasteiger partial charge in [-0.3, -0.25) is 9.59 Å². The normalized spacial score (nSPS) is 10.9. The first-order valence-corrected chi connectivity index (χ1v) is 9.33. The Morgan fingerprint density at radius 3 is 2.47 bits per heavy atom. The smallest absolute Gasteiger partial charge is 0.272 e. The summed E-state index contributed by atoms with van der Waals surface area (Å²) in [4.78, 5) is 24.5. The number of H-pyrrole nitrogens is 1. The van der Waals surface area contributed by atoms with Crippen molar-refractivity contribution >= 4 is 16.7 Å². The second kappa shape index (κ2) is 8.24. The fraction of sp³-hybridized carbons (Fsp3) is 0.0870. The molecule has 0 radical (unpaired) electrons. The molecule has 0 aliphatic carbocycles. The molecule has 0 aliphatic heterocycles. The lowest BCUT2D eigenvalue weighted by Crippen LogP contribution is -2.26. The number of hydrogen-bond donors (Lipinski definition) is 2. The van der Waals surface area contributed by atoms with Crippen molar-refractivity contribution in [2.45, 2.75) is 6.42 Å².